The Kier molecular flexibility index (Phi) is 4.83. The molecule has 0 spiro atoms. The summed E-state index contributed by atoms with van der Waals surface area (Å²) in [4.78, 5) is 18.0. The van der Waals surface area contributed by atoms with Crippen LogP contribution in [-0.2, 0) is 24.2 Å². The van der Waals surface area contributed by atoms with Gasteiger partial charge in [-0.25, -0.2) is 0 Å². The number of hydrogen-bond acceptors (Lipinski definition) is 4. The van der Waals surface area contributed by atoms with Crippen LogP contribution in [-0.4, -0.2) is 33.6 Å². The first-order valence-corrected chi connectivity index (χ1v) is 9.57. The van der Waals surface area contributed by atoms with Gasteiger partial charge in [0, 0.05) is 55.1 Å². The first kappa shape index (κ1) is 17.9. The molecule has 0 saturated heterocycles. The van der Waals surface area contributed by atoms with Crippen LogP contribution in [0.2, 0.25) is 5.02 Å². The Morgan fingerprint density at radius 3 is 3.11 bits per heavy atom. The molecule has 1 amide bonds. The number of nitrogens with one attached hydrogen (secondary N) is 1. The zero-order valence-electron chi connectivity index (χ0n) is 15.4. The Balaban J connectivity index is 1.41. The lowest BCUT2D eigenvalue weighted by Gasteiger charge is -2.27. The van der Waals surface area contributed by atoms with Crippen LogP contribution in [0, 0.1) is 0 Å². The van der Waals surface area contributed by atoms with Crippen LogP contribution in [0.5, 0.6) is 5.88 Å². The Morgan fingerprint density at radius 1 is 1.44 bits per heavy atom. The number of amides is 1. The highest BCUT2D eigenvalue weighted by atomic mass is 35.5. The third-order valence-corrected chi connectivity index (χ3v) is 5.11. The van der Waals surface area contributed by atoms with E-state index in [2.05, 4.69) is 16.2 Å². The zero-order valence-corrected chi connectivity index (χ0v) is 16.2. The van der Waals surface area contributed by atoms with Crippen molar-refractivity contribution in [2.24, 2.45) is 0 Å². The summed E-state index contributed by atoms with van der Waals surface area (Å²) in [5.41, 5.74) is 3.30. The van der Waals surface area contributed by atoms with E-state index in [1.165, 1.54) is 11.3 Å². The summed E-state index contributed by atoms with van der Waals surface area (Å²) in [6, 6.07) is 7.63. The van der Waals surface area contributed by atoms with Crippen molar-refractivity contribution in [1.82, 2.24) is 15.0 Å². The van der Waals surface area contributed by atoms with E-state index in [4.69, 9.17) is 20.9 Å². The van der Waals surface area contributed by atoms with Crippen molar-refractivity contribution in [2.75, 3.05) is 6.54 Å². The van der Waals surface area contributed by atoms with Crippen LogP contribution in [0.3, 0.4) is 0 Å². The minimum atomic E-state index is 0.0387. The van der Waals surface area contributed by atoms with E-state index >= 15 is 0 Å². The first-order valence-electron chi connectivity index (χ1n) is 9.19. The van der Waals surface area contributed by atoms with Crippen LogP contribution in [0.4, 0.5) is 0 Å². The molecule has 142 valence electrons. The number of ether oxygens (including phenoxy) is 1. The van der Waals surface area contributed by atoms with Gasteiger partial charge < -0.3 is 19.1 Å². The number of halogens is 1. The Morgan fingerprint density at radius 2 is 2.30 bits per heavy atom. The second kappa shape index (κ2) is 7.27. The largest absolute Gasteiger partial charge is 0.473 e. The van der Waals surface area contributed by atoms with Crippen molar-refractivity contribution < 1.29 is 14.1 Å². The van der Waals surface area contributed by atoms with Gasteiger partial charge in [-0.2, -0.15) is 0 Å². The highest BCUT2D eigenvalue weighted by Crippen LogP contribution is 2.31. The lowest BCUT2D eigenvalue weighted by molar-refractivity contribution is -0.132. The van der Waals surface area contributed by atoms with Gasteiger partial charge in [0.25, 0.3) is 5.88 Å². The highest BCUT2D eigenvalue weighted by Gasteiger charge is 2.24. The predicted molar refractivity (Wildman–Crippen MR) is 103 cm³/mol. The van der Waals surface area contributed by atoms with Gasteiger partial charge in [-0.3, -0.25) is 4.79 Å². The molecule has 0 radical (unpaired) electrons. The van der Waals surface area contributed by atoms with Crippen LogP contribution in [0.1, 0.15) is 37.3 Å². The molecule has 3 heterocycles. The average molecular weight is 388 g/mol. The third kappa shape index (κ3) is 3.67. The molecule has 1 aliphatic rings. The summed E-state index contributed by atoms with van der Waals surface area (Å²) < 4.78 is 10.7. The van der Waals surface area contributed by atoms with Gasteiger partial charge >= 0.3 is 0 Å². The van der Waals surface area contributed by atoms with Gasteiger partial charge in [0.15, 0.2) is 0 Å². The number of aromatic amines is 1. The summed E-state index contributed by atoms with van der Waals surface area (Å²) in [5.74, 6) is 1.24. The van der Waals surface area contributed by atoms with Crippen LogP contribution >= 0.6 is 11.6 Å². The zero-order chi connectivity index (χ0) is 19.0. The van der Waals surface area contributed by atoms with Crippen LogP contribution in [0.15, 0.2) is 28.8 Å². The minimum absolute atomic E-state index is 0.0387. The number of fused-ring (bicyclic) bond motifs is 3. The van der Waals surface area contributed by atoms with Crippen molar-refractivity contribution in [3.63, 3.8) is 0 Å². The molecule has 0 atom stereocenters. The fraction of sp³-hybridized carbons (Fsp3) is 0.400. The molecular weight excluding hydrogens is 366 g/mol. The van der Waals surface area contributed by atoms with E-state index in [0.717, 1.165) is 17.3 Å². The number of para-hydroxylation sites is 1. The maximum atomic E-state index is 12.7. The van der Waals surface area contributed by atoms with Gasteiger partial charge in [-0.1, -0.05) is 23.7 Å². The number of aromatic nitrogens is 2. The lowest BCUT2D eigenvalue weighted by atomic mass is 10.0. The molecule has 1 N–H and O–H groups in total. The lowest BCUT2D eigenvalue weighted by Crippen LogP contribution is -2.35. The topological polar surface area (TPSA) is 71.4 Å². The van der Waals surface area contributed by atoms with Crippen molar-refractivity contribution in [1.29, 1.82) is 0 Å². The van der Waals surface area contributed by atoms with Gasteiger partial charge in [-0.05, 0) is 25.1 Å². The summed E-state index contributed by atoms with van der Waals surface area (Å²) in [7, 11) is 0. The summed E-state index contributed by atoms with van der Waals surface area (Å²) in [6.07, 6.45) is 1.74. The number of benzene rings is 1. The number of rotatable bonds is 5. The van der Waals surface area contributed by atoms with E-state index in [1.54, 1.807) is 6.07 Å². The quantitative estimate of drug-likeness (QED) is 0.715. The number of nitrogens with zero attached hydrogens (tertiary/aromatic N) is 2. The third-order valence-electron chi connectivity index (χ3n) is 4.79. The summed E-state index contributed by atoms with van der Waals surface area (Å²) >= 11 is 6.29. The van der Waals surface area contributed by atoms with E-state index in [1.807, 2.05) is 30.9 Å². The molecule has 0 unspecified atom stereocenters. The van der Waals surface area contributed by atoms with Crippen molar-refractivity contribution in [3.05, 3.63) is 46.3 Å². The summed E-state index contributed by atoms with van der Waals surface area (Å²) in [6.45, 7) is 5.17. The predicted octanol–water partition coefficient (Wildman–Crippen LogP) is 4.11. The smallest absolute Gasteiger partial charge is 0.254 e. The summed E-state index contributed by atoms with van der Waals surface area (Å²) in [5, 5.41) is 5.68. The molecule has 27 heavy (non-hydrogen) atoms. The SMILES string of the molecule is CC(C)Oc1cc(CCC(=O)N2CCc3[nH]c4c(Cl)cccc4c3C2)on1. The first-order chi connectivity index (χ1) is 13.0. The second-order valence-corrected chi connectivity index (χ2v) is 7.52. The maximum Gasteiger partial charge on any atom is 0.254 e. The number of hydrogen-bond donors (Lipinski definition) is 1. The van der Waals surface area contributed by atoms with Crippen molar-refractivity contribution in [2.45, 2.75) is 45.8 Å². The number of H-pyrrole nitrogens is 1. The van der Waals surface area contributed by atoms with E-state index in [0.29, 0.717) is 42.6 Å². The van der Waals surface area contributed by atoms with E-state index in [-0.39, 0.29) is 12.0 Å². The van der Waals surface area contributed by atoms with Crippen molar-refractivity contribution >= 4 is 28.4 Å². The van der Waals surface area contributed by atoms with Crippen LogP contribution < -0.4 is 4.74 Å². The molecule has 6 nitrogen and oxygen atoms in total. The molecule has 1 aromatic carbocycles. The fourth-order valence-electron chi connectivity index (χ4n) is 3.51. The molecule has 0 saturated carbocycles. The molecule has 0 bridgehead atoms. The van der Waals surface area contributed by atoms with E-state index in [9.17, 15) is 4.79 Å². The van der Waals surface area contributed by atoms with Gasteiger partial charge in [0.1, 0.15) is 5.76 Å². The Hall–Kier alpha value is -2.47. The van der Waals surface area contributed by atoms with E-state index < -0.39 is 0 Å². The average Bonchev–Trinajstić information content (AvgIpc) is 3.24. The molecule has 1 aliphatic heterocycles. The molecule has 0 fully saturated rings. The Labute approximate surface area is 162 Å². The van der Waals surface area contributed by atoms with Gasteiger partial charge in [-0.15, -0.1) is 0 Å². The van der Waals surface area contributed by atoms with Gasteiger partial charge in [0.2, 0.25) is 5.91 Å². The normalized spacial score (nSPS) is 14.0. The molecule has 2 aromatic heterocycles. The number of aryl methyl sites for hydroxylation is 1. The molecule has 4 rings (SSSR count). The van der Waals surface area contributed by atoms with Gasteiger partial charge in [0.05, 0.1) is 16.6 Å². The van der Waals surface area contributed by atoms with Crippen LogP contribution in [0.25, 0.3) is 10.9 Å². The minimum Gasteiger partial charge on any atom is -0.473 e. The molecule has 0 aliphatic carbocycles. The maximum absolute atomic E-state index is 12.7. The molecule has 7 heteroatoms. The molecule has 3 aromatic rings. The number of carbonyl (C=O) groups is 1. The second-order valence-electron chi connectivity index (χ2n) is 7.11. The fourth-order valence-corrected chi connectivity index (χ4v) is 3.73. The standard InChI is InChI=1S/C20H22ClN3O3/c1-12(2)26-18-10-13(27-23-18)6-7-19(25)24-9-8-17-15(11-24)14-4-3-5-16(21)20(14)22-17/h3-5,10,12,22H,6-9,11H2,1-2H3. The van der Waals surface area contributed by atoms with Crippen molar-refractivity contribution in [3.8, 4) is 5.88 Å². The highest BCUT2D eigenvalue weighted by molar-refractivity contribution is 6.35. The molecular formula is C20H22ClN3O3. The monoisotopic (exact) mass is 387 g/mol. The number of carbonyl (C=O) groups excluding carboxylic acids is 1. The Bertz CT molecular complexity index is 976.